The molecule has 4 aliphatic rings. The number of allylic oxidation sites excluding steroid dienone is 5. The molecular formula is C29H42FN7O2. The standard InChI is InChI=1S/C29H42FN7O2/c1-6-21-16-36(25-10-9-24(32-20(25)5)27-33-34-29(31)39-27)18(3)15-37(21)22-11-13-35(14-12-22)28(38)23-8-7-17(2)26(30)19(23)4/h7-10,18-23,32H,6,11-16H2,1-5H3,(H2,31,34)/t18-,19?,20?,21+,23?/m1/s1. The zero-order valence-electron chi connectivity index (χ0n) is 23.7. The molecule has 1 aliphatic carbocycles. The van der Waals surface area contributed by atoms with E-state index in [-0.39, 0.29) is 29.7 Å². The van der Waals surface area contributed by atoms with E-state index in [1.807, 2.05) is 24.0 Å². The number of rotatable bonds is 5. The third kappa shape index (κ3) is 5.35. The molecule has 0 spiro atoms. The van der Waals surface area contributed by atoms with Gasteiger partial charge in [0, 0.05) is 55.9 Å². The van der Waals surface area contributed by atoms with Gasteiger partial charge < -0.3 is 25.3 Å². The van der Waals surface area contributed by atoms with Crippen LogP contribution < -0.4 is 11.1 Å². The van der Waals surface area contributed by atoms with Gasteiger partial charge in [0.15, 0.2) is 0 Å². The van der Waals surface area contributed by atoms with E-state index in [1.165, 1.54) is 5.70 Å². The van der Waals surface area contributed by atoms with Crippen LogP contribution in [0.25, 0.3) is 5.70 Å². The highest BCUT2D eigenvalue weighted by atomic mass is 19.1. The summed E-state index contributed by atoms with van der Waals surface area (Å²) in [5.41, 5.74) is 8.26. The molecule has 39 heavy (non-hydrogen) atoms. The molecule has 5 rings (SSSR count). The lowest BCUT2D eigenvalue weighted by Crippen LogP contribution is -2.62. The predicted octanol–water partition coefficient (Wildman–Crippen LogP) is 3.71. The predicted molar refractivity (Wildman–Crippen MR) is 150 cm³/mol. The van der Waals surface area contributed by atoms with Gasteiger partial charge in [-0.3, -0.25) is 9.69 Å². The molecule has 3 N–H and O–H groups in total. The highest BCUT2D eigenvalue weighted by Gasteiger charge is 2.40. The number of piperazine rings is 1. The van der Waals surface area contributed by atoms with Gasteiger partial charge in [0.25, 0.3) is 5.89 Å². The number of hydrogen-bond acceptors (Lipinski definition) is 8. The summed E-state index contributed by atoms with van der Waals surface area (Å²) in [5.74, 6) is -0.489. The average molecular weight is 540 g/mol. The monoisotopic (exact) mass is 539 g/mol. The number of nitrogens with one attached hydrogen (secondary N) is 1. The van der Waals surface area contributed by atoms with Gasteiger partial charge in [-0.05, 0) is 57.8 Å². The largest absolute Gasteiger partial charge is 0.402 e. The summed E-state index contributed by atoms with van der Waals surface area (Å²) >= 11 is 0. The lowest BCUT2D eigenvalue weighted by molar-refractivity contribution is -0.137. The lowest BCUT2D eigenvalue weighted by atomic mass is 9.84. The minimum absolute atomic E-state index is 0.0578. The number of nitrogens with two attached hydrogens (primary N) is 1. The third-order valence-electron chi connectivity index (χ3n) is 8.99. The summed E-state index contributed by atoms with van der Waals surface area (Å²) in [4.78, 5) is 20.4. The van der Waals surface area contributed by atoms with Crippen molar-refractivity contribution >= 4 is 17.6 Å². The number of likely N-dealkylation sites (tertiary alicyclic amines) is 1. The van der Waals surface area contributed by atoms with E-state index >= 15 is 0 Å². The number of nitrogen functional groups attached to an aromatic ring is 1. The molecule has 4 heterocycles. The van der Waals surface area contributed by atoms with Gasteiger partial charge in [-0.25, -0.2) is 4.39 Å². The number of hydrogen-bond donors (Lipinski definition) is 2. The lowest BCUT2D eigenvalue weighted by Gasteiger charge is -2.52. The summed E-state index contributed by atoms with van der Waals surface area (Å²) in [6.07, 6.45) is 10.8. The van der Waals surface area contributed by atoms with E-state index in [0.717, 1.165) is 51.1 Å². The Morgan fingerprint density at radius 3 is 2.56 bits per heavy atom. The maximum absolute atomic E-state index is 14.5. The first kappa shape index (κ1) is 27.4. The van der Waals surface area contributed by atoms with Crippen molar-refractivity contribution in [1.82, 2.24) is 30.2 Å². The third-order valence-corrected chi connectivity index (χ3v) is 8.99. The highest BCUT2D eigenvalue weighted by molar-refractivity contribution is 5.82. The molecule has 0 saturated carbocycles. The Bertz CT molecular complexity index is 1200. The number of dihydropyridines is 1. The number of aromatic nitrogens is 2. The highest BCUT2D eigenvalue weighted by Crippen LogP contribution is 2.34. The molecule has 2 saturated heterocycles. The van der Waals surface area contributed by atoms with Crippen LogP contribution in [-0.4, -0.2) is 81.2 Å². The van der Waals surface area contributed by atoms with Gasteiger partial charge in [-0.15, -0.1) is 5.10 Å². The van der Waals surface area contributed by atoms with E-state index < -0.39 is 5.92 Å². The van der Waals surface area contributed by atoms with Crippen LogP contribution in [0.2, 0.25) is 0 Å². The maximum atomic E-state index is 14.5. The molecule has 1 amide bonds. The Morgan fingerprint density at radius 2 is 1.92 bits per heavy atom. The fourth-order valence-electron chi connectivity index (χ4n) is 6.66. The summed E-state index contributed by atoms with van der Waals surface area (Å²) < 4.78 is 19.9. The van der Waals surface area contributed by atoms with Crippen LogP contribution in [0.5, 0.6) is 0 Å². The van der Waals surface area contributed by atoms with Gasteiger partial charge in [-0.2, -0.15) is 0 Å². The smallest absolute Gasteiger partial charge is 0.313 e. The second kappa shape index (κ2) is 11.2. The SMILES string of the molecule is CC[C@H]1CN(C2=CC=C(c3nnc(N)o3)NC2C)[C@H](C)CN1C1CCN(C(=O)C2C=CC(C)=C(F)C2C)CC1. The van der Waals surface area contributed by atoms with Crippen LogP contribution in [-0.2, 0) is 4.79 Å². The number of piperidine rings is 1. The molecule has 1 aromatic rings. The molecule has 9 nitrogen and oxygen atoms in total. The summed E-state index contributed by atoms with van der Waals surface area (Å²) in [7, 11) is 0. The Hall–Kier alpha value is -3.14. The van der Waals surface area contributed by atoms with Crippen molar-refractivity contribution < 1.29 is 13.6 Å². The number of carbonyl (C=O) groups excluding carboxylic acids is 1. The van der Waals surface area contributed by atoms with Crippen molar-refractivity contribution in [2.45, 2.75) is 78.0 Å². The van der Waals surface area contributed by atoms with E-state index in [0.29, 0.717) is 29.6 Å². The van der Waals surface area contributed by atoms with Crippen molar-refractivity contribution in [2.24, 2.45) is 11.8 Å². The molecule has 2 fully saturated rings. The van der Waals surface area contributed by atoms with E-state index in [1.54, 1.807) is 13.0 Å². The summed E-state index contributed by atoms with van der Waals surface area (Å²) in [5, 5.41) is 11.2. The van der Waals surface area contributed by atoms with Gasteiger partial charge in [0.05, 0.1) is 12.0 Å². The second-order valence-electron chi connectivity index (χ2n) is 11.5. The van der Waals surface area contributed by atoms with Crippen molar-refractivity contribution in [3.05, 3.63) is 47.3 Å². The Morgan fingerprint density at radius 1 is 1.18 bits per heavy atom. The van der Waals surface area contributed by atoms with Gasteiger partial charge in [-0.1, -0.05) is 31.1 Å². The number of anilines is 1. The van der Waals surface area contributed by atoms with Crippen molar-refractivity contribution in [3.8, 4) is 0 Å². The summed E-state index contributed by atoms with van der Waals surface area (Å²) in [6, 6.07) is 1.39. The van der Waals surface area contributed by atoms with Crippen LogP contribution in [0.3, 0.4) is 0 Å². The normalized spacial score (nSPS) is 30.8. The second-order valence-corrected chi connectivity index (χ2v) is 11.5. The first-order valence-electron chi connectivity index (χ1n) is 14.3. The molecule has 212 valence electrons. The quantitative estimate of drug-likeness (QED) is 0.584. The number of nitrogens with zero attached hydrogens (tertiary/aromatic N) is 5. The van der Waals surface area contributed by atoms with Gasteiger partial charge in [0.2, 0.25) is 5.91 Å². The fraction of sp³-hybridized carbons (Fsp3) is 0.621. The zero-order valence-corrected chi connectivity index (χ0v) is 23.7. The fourth-order valence-corrected chi connectivity index (χ4v) is 6.66. The summed E-state index contributed by atoms with van der Waals surface area (Å²) in [6.45, 7) is 13.7. The van der Waals surface area contributed by atoms with E-state index in [9.17, 15) is 9.18 Å². The maximum Gasteiger partial charge on any atom is 0.313 e. The van der Waals surface area contributed by atoms with Crippen LogP contribution in [0, 0.1) is 11.8 Å². The Kier molecular flexibility index (Phi) is 7.84. The van der Waals surface area contributed by atoms with Crippen molar-refractivity contribution in [3.63, 3.8) is 0 Å². The number of carbonyl (C=O) groups is 1. The molecule has 3 unspecified atom stereocenters. The van der Waals surface area contributed by atoms with E-state index in [4.69, 9.17) is 10.2 Å². The molecule has 0 aromatic carbocycles. The van der Waals surface area contributed by atoms with Crippen molar-refractivity contribution in [1.29, 1.82) is 0 Å². The average Bonchev–Trinajstić information content (AvgIpc) is 3.38. The molecule has 10 heteroatoms. The first-order chi connectivity index (χ1) is 18.7. The number of amides is 1. The Balaban J connectivity index is 1.21. The molecular weight excluding hydrogens is 497 g/mol. The molecule has 0 radical (unpaired) electrons. The molecule has 5 atom stereocenters. The van der Waals surface area contributed by atoms with Crippen LogP contribution >= 0.6 is 0 Å². The zero-order chi connectivity index (χ0) is 27.8. The molecule has 1 aromatic heterocycles. The van der Waals surface area contributed by atoms with Crippen LogP contribution in [0.4, 0.5) is 10.4 Å². The first-order valence-corrected chi connectivity index (χ1v) is 14.3. The van der Waals surface area contributed by atoms with Gasteiger partial charge in [0.1, 0.15) is 11.5 Å². The van der Waals surface area contributed by atoms with Crippen molar-refractivity contribution in [2.75, 3.05) is 31.9 Å². The number of halogens is 1. The van der Waals surface area contributed by atoms with Crippen LogP contribution in [0.1, 0.15) is 59.8 Å². The minimum atomic E-state index is -0.400. The van der Waals surface area contributed by atoms with Crippen LogP contribution in [0.15, 0.2) is 45.8 Å². The Labute approximate surface area is 230 Å². The molecule has 0 bridgehead atoms. The molecule has 3 aliphatic heterocycles. The van der Waals surface area contributed by atoms with E-state index in [2.05, 4.69) is 52.2 Å². The van der Waals surface area contributed by atoms with Gasteiger partial charge >= 0.3 is 6.01 Å². The topological polar surface area (TPSA) is 104 Å². The minimum Gasteiger partial charge on any atom is -0.402 e.